The number of carbonyl (C=O) groups is 1. The zero-order chi connectivity index (χ0) is 19.7. The molecule has 0 aromatic carbocycles. The van der Waals surface area contributed by atoms with Gasteiger partial charge in [-0.3, -0.25) is 4.90 Å². The third-order valence-corrected chi connectivity index (χ3v) is 6.08. The van der Waals surface area contributed by atoms with E-state index in [1.807, 2.05) is 26.8 Å². The molecule has 8 nitrogen and oxygen atoms in total. The summed E-state index contributed by atoms with van der Waals surface area (Å²) in [5, 5.41) is 5.04. The molecular formula is C19H23N5O3S. The van der Waals surface area contributed by atoms with Crippen molar-refractivity contribution in [3.05, 3.63) is 34.3 Å². The Morgan fingerprint density at radius 2 is 2.04 bits per heavy atom. The van der Waals surface area contributed by atoms with E-state index in [9.17, 15) is 4.79 Å². The van der Waals surface area contributed by atoms with Crippen LogP contribution in [0.15, 0.2) is 16.9 Å². The maximum absolute atomic E-state index is 12.2. The Morgan fingerprint density at radius 3 is 2.71 bits per heavy atom. The van der Waals surface area contributed by atoms with Crippen LogP contribution in [0.25, 0.3) is 10.2 Å². The number of anilines is 1. The van der Waals surface area contributed by atoms with Crippen LogP contribution in [0.3, 0.4) is 0 Å². The van der Waals surface area contributed by atoms with Crippen molar-refractivity contribution in [2.75, 3.05) is 37.7 Å². The molecule has 4 heterocycles. The highest BCUT2D eigenvalue weighted by atomic mass is 32.1. The van der Waals surface area contributed by atoms with E-state index in [1.54, 1.807) is 6.33 Å². The topological polar surface area (TPSA) is 84.6 Å². The first kappa shape index (κ1) is 18.8. The fourth-order valence-corrected chi connectivity index (χ4v) is 4.56. The van der Waals surface area contributed by atoms with Crippen molar-refractivity contribution in [3.8, 4) is 0 Å². The van der Waals surface area contributed by atoms with E-state index in [0.29, 0.717) is 11.5 Å². The molecule has 0 bridgehead atoms. The largest absolute Gasteiger partial charge is 0.462 e. The van der Waals surface area contributed by atoms with E-state index in [1.165, 1.54) is 11.3 Å². The van der Waals surface area contributed by atoms with Crippen molar-refractivity contribution in [1.29, 1.82) is 0 Å². The average molecular weight is 401 g/mol. The van der Waals surface area contributed by atoms with E-state index in [4.69, 9.17) is 9.26 Å². The maximum Gasteiger partial charge on any atom is 0.348 e. The van der Waals surface area contributed by atoms with Gasteiger partial charge in [0.05, 0.1) is 17.7 Å². The molecule has 28 heavy (non-hydrogen) atoms. The third-order valence-electron chi connectivity index (χ3n) is 4.90. The summed E-state index contributed by atoms with van der Waals surface area (Å²) in [5.41, 5.74) is 1.86. The molecule has 0 aliphatic carbocycles. The van der Waals surface area contributed by atoms with Gasteiger partial charge in [-0.05, 0) is 26.3 Å². The molecule has 1 fully saturated rings. The molecule has 1 aliphatic rings. The van der Waals surface area contributed by atoms with Gasteiger partial charge in [-0.15, -0.1) is 11.3 Å². The summed E-state index contributed by atoms with van der Waals surface area (Å²) in [4.78, 5) is 27.2. The van der Waals surface area contributed by atoms with Gasteiger partial charge in [-0.2, -0.15) is 0 Å². The molecule has 0 spiro atoms. The number of rotatable bonds is 5. The third kappa shape index (κ3) is 3.59. The Balaban J connectivity index is 1.52. The molecule has 0 radical (unpaired) electrons. The normalized spacial score (nSPS) is 15.3. The molecule has 0 unspecified atom stereocenters. The lowest BCUT2D eigenvalue weighted by Crippen LogP contribution is -2.46. The van der Waals surface area contributed by atoms with Crippen molar-refractivity contribution in [2.24, 2.45) is 0 Å². The van der Waals surface area contributed by atoms with Crippen LogP contribution < -0.4 is 4.90 Å². The number of esters is 1. The zero-order valence-electron chi connectivity index (χ0n) is 16.3. The van der Waals surface area contributed by atoms with Gasteiger partial charge in [-0.25, -0.2) is 14.8 Å². The second-order valence-electron chi connectivity index (χ2n) is 6.85. The second-order valence-corrected chi connectivity index (χ2v) is 7.85. The number of hydrogen-bond donors (Lipinski definition) is 0. The quantitative estimate of drug-likeness (QED) is 0.604. The first-order chi connectivity index (χ1) is 13.6. The van der Waals surface area contributed by atoms with Crippen molar-refractivity contribution in [2.45, 2.75) is 27.3 Å². The molecule has 9 heteroatoms. The number of aryl methyl sites for hydroxylation is 2. The summed E-state index contributed by atoms with van der Waals surface area (Å²) < 4.78 is 10.3. The highest BCUT2D eigenvalue weighted by molar-refractivity contribution is 7.20. The van der Waals surface area contributed by atoms with Gasteiger partial charge in [0.25, 0.3) is 0 Å². The van der Waals surface area contributed by atoms with Crippen LogP contribution >= 0.6 is 11.3 Å². The van der Waals surface area contributed by atoms with Gasteiger partial charge in [0.1, 0.15) is 27.6 Å². The number of piperazine rings is 1. The molecule has 4 rings (SSSR count). The van der Waals surface area contributed by atoms with Crippen molar-refractivity contribution >= 4 is 33.3 Å². The van der Waals surface area contributed by atoms with Crippen LogP contribution in [0.2, 0.25) is 0 Å². The van der Waals surface area contributed by atoms with Crippen molar-refractivity contribution in [1.82, 2.24) is 20.0 Å². The Bertz CT molecular complexity index is 991. The average Bonchev–Trinajstić information content (AvgIpc) is 3.26. The predicted molar refractivity (Wildman–Crippen MR) is 107 cm³/mol. The maximum atomic E-state index is 12.2. The number of hydrogen-bond acceptors (Lipinski definition) is 9. The van der Waals surface area contributed by atoms with Gasteiger partial charge < -0.3 is 14.2 Å². The van der Waals surface area contributed by atoms with E-state index in [2.05, 4.69) is 24.9 Å². The van der Waals surface area contributed by atoms with E-state index < -0.39 is 0 Å². The van der Waals surface area contributed by atoms with Gasteiger partial charge in [0, 0.05) is 38.8 Å². The standard InChI is InChI=1S/C19H23N5O3S/c1-4-26-19(25)16-13(3)15-17(20-11-21-18(15)28-16)24-7-5-23(6-8-24)10-14-9-12(2)27-22-14/h9,11H,4-8,10H2,1-3H3. The summed E-state index contributed by atoms with van der Waals surface area (Å²) in [6, 6.07) is 1.98. The monoisotopic (exact) mass is 401 g/mol. The molecular weight excluding hydrogens is 378 g/mol. The number of nitrogens with zero attached hydrogens (tertiary/aromatic N) is 5. The van der Waals surface area contributed by atoms with Gasteiger partial charge in [-0.1, -0.05) is 5.16 Å². The number of thiophene rings is 1. The predicted octanol–water partition coefficient (Wildman–Crippen LogP) is 2.80. The van der Waals surface area contributed by atoms with Crippen molar-refractivity contribution in [3.63, 3.8) is 0 Å². The van der Waals surface area contributed by atoms with Gasteiger partial charge >= 0.3 is 5.97 Å². The lowest BCUT2D eigenvalue weighted by atomic mass is 10.2. The first-order valence-corrected chi connectivity index (χ1v) is 10.2. The highest BCUT2D eigenvalue weighted by Crippen LogP contribution is 2.35. The van der Waals surface area contributed by atoms with Crippen LogP contribution in [0, 0.1) is 13.8 Å². The molecule has 0 amide bonds. The molecule has 148 valence electrons. The molecule has 3 aromatic rings. The Hall–Kier alpha value is -2.52. The van der Waals surface area contributed by atoms with Gasteiger partial charge in [0.15, 0.2) is 0 Å². The van der Waals surface area contributed by atoms with Crippen LogP contribution in [0.1, 0.15) is 33.6 Å². The zero-order valence-corrected chi connectivity index (χ0v) is 17.1. The summed E-state index contributed by atoms with van der Waals surface area (Å²) in [6.07, 6.45) is 1.58. The molecule has 3 aromatic heterocycles. The number of fused-ring (bicyclic) bond motifs is 1. The molecule has 0 saturated carbocycles. The Morgan fingerprint density at radius 1 is 1.25 bits per heavy atom. The molecule has 0 atom stereocenters. The smallest absolute Gasteiger partial charge is 0.348 e. The number of carbonyl (C=O) groups excluding carboxylic acids is 1. The molecule has 1 aliphatic heterocycles. The number of aromatic nitrogens is 3. The second kappa shape index (κ2) is 7.84. The fraction of sp³-hybridized carbons (Fsp3) is 0.474. The van der Waals surface area contributed by atoms with Crippen LogP contribution in [-0.2, 0) is 11.3 Å². The fourth-order valence-electron chi connectivity index (χ4n) is 3.52. The highest BCUT2D eigenvalue weighted by Gasteiger charge is 2.25. The summed E-state index contributed by atoms with van der Waals surface area (Å²) >= 11 is 1.37. The lowest BCUT2D eigenvalue weighted by Gasteiger charge is -2.35. The summed E-state index contributed by atoms with van der Waals surface area (Å²) in [7, 11) is 0. The van der Waals surface area contributed by atoms with E-state index in [-0.39, 0.29) is 5.97 Å². The summed E-state index contributed by atoms with van der Waals surface area (Å²) in [6.45, 7) is 10.3. The Labute approximate surface area is 167 Å². The minimum absolute atomic E-state index is 0.290. The minimum Gasteiger partial charge on any atom is -0.462 e. The Kier molecular flexibility index (Phi) is 5.27. The molecule has 0 N–H and O–H groups in total. The van der Waals surface area contributed by atoms with Gasteiger partial charge in [0.2, 0.25) is 0 Å². The van der Waals surface area contributed by atoms with E-state index >= 15 is 0 Å². The number of ether oxygens (including phenoxy) is 1. The lowest BCUT2D eigenvalue weighted by molar-refractivity contribution is 0.0531. The van der Waals surface area contributed by atoms with Crippen LogP contribution in [-0.4, -0.2) is 58.8 Å². The first-order valence-electron chi connectivity index (χ1n) is 9.37. The SMILES string of the molecule is CCOC(=O)c1sc2ncnc(N3CCN(Cc4cc(C)on4)CC3)c2c1C. The molecule has 1 saturated heterocycles. The van der Waals surface area contributed by atoms with E-state index in [0.717, 1.165) is 65.8 Å². The summed E-state index contributed by atoms with van der Waals surface area (Å²) in [5.74, 6) is 1.44. The minimum atomic E-state index is -0.290. The van der Waals surface area contributed by atoms with Crippen LogP contribution in [0.4, 0.5) is 5.82 Å². The van der Waals surface area contributed by atoms with Crippen molar-refractivity contribution < 1.29 is 14.1 Å². The van der Waals surface area contributed by atoms with Crippen LogP contribution in [0.5, 0.6) is 0 Å².